The Morgan fingerprint density at radius 2 is 2.07 bits per heavy atom. The Hall–Kier alpha value is -0.810. The SMILES string of the molecule is O=[SH](=O)Cn1ccc2cc(Br)ccc21. The van der Waals surface area contributed by atoms with E-state index >= 15 is 0 Å². The fourth-order valence-corrected chi connectivity index (χ4v) is 2.29. The Morgan fingerprint density at radius 3 is 2.79 bits per heavy atom. The Kier molecular flexibility index (Phi) is 2.60. The van der Waals surface area contributed by atoms with Crippen LogP contribution in [0.15, 0.2) is 34.9 Å². The highest BCUT2D eigenvalue weighted by Crippen LogP contribution is 2.20. The largest absolute Gasteiger partial charge is 0.333 e. The zero-order chi connectivity index (χ0) is 10.1. The number of aromatic nitrogens is 1. The third-order valence-corrected chi connectivity index (χ3v) is 3.03. The van der Waals surface area contributed by atoms with Crippen molar-refractivity contribution >= 4 is 37.5 Å². The monoisotopic (exact) mass is 273 g/mol. The molecule has 14 heavy (non-hydrogen) atoms. The van der Waals surface area contributed by atoms with Gasteiger partial charge in [-0.25, -0.2) is 8.42 Å². The molecule has 0 N–H and O–H groups in total. The number of fused-ring (bicyclic) bond motifs is 1. The van der Waals surface area contributed by atoms with Gasteiger partial charge in [-0.3, -0.25) is 0 Å². The first-order chi connectivity index (χ1) is 6.66. The number of hydrogen-bond donors (Lipinski definition) is 1. The smallest absolute Gasteiger partial charge is 0.158 e. The molecule has 1 heterocycles. The summed E-state index contributed by atoms with van der Waals surface area (Å²) in [6.45, 7) is 0. The molecular weight excluding hydrogens is 266 g/mol. The predicted octanol–water partition coefficient (Wildman–Crippen LogP) is 1.97. The summed E-state index contributed by atoms with van der Waals surface area (Å²) >= 11 is 3.36. The van der Waals surface area contributed by atoms with Gasteiger partial charge >= 0.3 is 0 Å². The molecule has 0 radical (unpaired) electrons. The second kappa shape index (κ2) is 3.74. The second-order valence-corrected chi connectivity index (χ2v) is 4.83. The van der Waals surface area contributed by atoms with Crippen molar-refractivity contribution in [2.75, 3.05) is 0 Å². The van der Waals surface area contributed by atoms with Crippen molar-refractivity contribution in [3.8, 4) is 0 Å². The molecule has 0 amide bonds. The summed E-state index contributed by atoms with van der Waals surface area (Å²) < 4.78 is 23.9. The summed E-state index contributed by atoms with van der Waals surface area (Å²) in [5.41, 5.74) is 0.937. The molecule has 0 aliphatic rings. The van der Waals surface area contributed by atoms with E-state index in [1.54, 1.807) is 10.8 Å². The quantitative estimate of drug-likeness (QED) is 0.850. The summed E-state index contributed by atoms with van der Waals surface area (Å²) in [6, 6.07) is 7.66. The Labute approximate surface area is 91.4 Å². The topological polar surface area (TPSA) is 39.1 Å². The van der Waals surface area contributed by atoms with E-state index in [1.165, 1.54) is 0 Å². The second-order valence-electron chi connectivity index (χ2n) is 2.96. The number of rotatable bonds is 2. The van der Waals surface area contributed by atoms with Gasteiger partial charge in [0.15, 0.2) is 10.7 Å². The molecule has 74 valence electrons. The molecule has 0 bridgehead atoms. The summed E-state index contributed by atoms with van der Waals surface area (Å²) in [7, 11) is -2.38. The van der Waals surface area contributed by atoms with Gasteiger partial charge in [0.05, 0.1) is 0 Å². The minimum atomic E-state index is -2.38. The van der Waals surface area contributed by atoms with Crippen LogP contribution in [0.4, 0.5) is 0 Å². The molecule has 0 saturated carbocycles. The van der Waals surface area contributed by atoms with Crippen LogP contribution < -0.4 is 0 Å². The summed E-state index contributed by atoms with van der Waals surface area (Å²) in [5.74, 6) is 0.0421. The minimum absolute atomic E-state index is 0.0421. The highest BCUT2D eigenvalue weighted by Gasteiger charge is 2.01. The molecule has 0 aliphatic heterocycles. The molecule has 5 heteroatoms. The number of nitrogens with zero attached hydrogens (tertiary/aromatic N) is 1. The molecular formula is C9H8BrNO2S. The lowest BCUT2D eigenvalue weighted by Crippen LogP contribution is -1.96. The summed E-state index contributed by atoms with van der Waals surface area (Å²) in [4.78, 5) is 0. The molecule has 2 rings (SSSR count). The standard InChI is InChI=1S/C9H8BrNO2S/c10-8-1-2-9-7(5-8)3-4-11(9)6-14(12)13/h1-5,14H,6H2. The molecule has 0 unspecified atom stereocenters. The first-order valence-electron chi connectivity index (χ1n) is 4.03. The van der Waals surface area contributed by atoms with Gasteiger partial charge in [0.2, 0.25) is 0 Å². The van der Waals surface area contributed by atoms with Crippen molar-refractivity contribution in [3.63, 3.8) is 0 Å². The van der Waals surface area contributed by atoms with E-state index in [2.05, 4.69) is 15.9 Å². The van der Waals surface area contributed by atoms with Gasteiger partial charge in [0.25, 0.3) is 0 Å². The van der Waals surface area contributed by atoms with Crippen LogP contribution in [-0.2, 0) is 16.6 Å². The van der Waals surface area contributed by atoms with Gasteiger partial charge in [0.1, 0.15) is 5.88 Å². The zero-order valence-corrected chi connectivity index (χ0v) is 9.66. The minimum Gasteiger partial charge on any atom is -0.333 e. The molecule has 0 atom stereocenters. The maximum Gasteiger partial charge on any atom is 0.158 e. The van der Waals surface area contributed by atoms with Gasteiger partial charge in [0, 0.05) is 21.6 Å². The lowest BCUT2D eigenvalue weighted by molar-refractivity contribution is 0.605. The number of hydrogen-bond acceptors (Lipinski definition) is 2. The number of halogens is 1. The van der Waals surface area contributed by atoms with E-state index in [1.807, 2.05) is 24.3 Å². The molecule has 0 saturated heterocycles. The van der Waals surface area contributed by atoms with Crippen LogP contribution in [0.25, 0.3) is 10.9 Å². The number of thiol groups is 1. The van der Waals surface area contributed by atoms with Crippen LogP contribution >= 0.6 is 15.9 Å². The lowest BCUT2D eigenvalue weighted by atomic mass is 10.2. The Morgan fingerprint density at radius 1 is 1.29 bits per heavy atom. The fraction of sp³-hybridized carbons (Fsp3) is 0.111. The van der Waals surface area contributed by atoms with E-state index in [0.29, 0.717) is 0 Å². The maximum atomic E-state index is 10.6. The van der Waals surface area contributed by atoms with Gasteiger partial charge in [-0.2, -0.15) is 0 Å². The Balaban J connectivity index is 2.58. The lowest BCUT2D eigenvalue weighted by Gasteiger charge is -1.99. The van der Waals surface area contributed by atoms with Crippen molar-refractivity contribution in [2.45, 2.75) is 5.88 Å². The van der Waals surface area contributed by atoms with Crippen LogP contribution in [0.5, 0.6) is 0 Å². The van der Waals surface area contributed by atoms with Crippen molar-refractivity contribution in [1.82, 2.24) is 4.57 Å². The zero-order valence-electron chi connectivity index (χ0n) is 7.18. The van der Waals surface area contributed by atoms with Crippen LogP contribution in [-0.4, -0.2) is 13.0 Å². The Bertz CT molecular complexity index is 537. The van der Waals surface area contributed by atoms with Crippen LogP contribution in [0, 0.1) is 0 Å². The molecule has 2 aromatic rings. The van der Waals surface area contributed by atoms with Crippen molar-refractivity contribution in [3.05, 3.63) is 34.9 Å². The molecule has 0 fully saturated rings. The molecule has 1 aromatic heterocycles. The first kappa shape index (κ1) is 9.73. The van der Waals surface area contributed by atoms with Crippen molar-refractivity contribution < 1.29 is 8.42 Å². The summed E-state index contributed by atoms with van der Waals surface area (Å²) in [6.07, 6.45) is 1.78. The van der Waals surface area contributed by atoms with Crippen LogP contribution in [0.3, 0.4) is 0 Å². The van der Waals surface area contributed by atoms with E-state index < -0.39 is 10.7 Å². The van der Waals surface area contributed by atoms with Crippen molar-refractivity contribution in [2.24, 2.45) is 0 Å². The fourth-order valence-electron chi connectivity index (χ4n) is 1.42. The third kappa shape index (κ3) is 1.83. The highest BCUT2D eigenvalue weighted by atomic mass is 79.9. The molecule has 0 aliphatic carbocycles. The average molecular weight is 274 g/mol. The highest BCUT2D eigenvalue weighted by molar-refractivity contribution is 9.10. The first-order valence-corrected chi connectivity index (χ1v) is 6.18. The van der Waals surface area contributed by atoms with E-state index in [9.17, 15) is 8.42 Å². The normalized spacial score (nSPS) is 11.3. The van der Waals surface area contributed by atoms with E-state index in [4.69, 9.17) is 0 Å². The summed E-state index contributed by atoms with van der Waals surface area (Å²) in [5, 5.41) is 1.04. The van der Waals surface area contributed by atoms with Gasteiger partial charge in [-0.15, -0.1) is 0 Å². The molecule has 1 aromatic carbocycles. The van der Waals surface area contributed by atoms with E-state index in [-0.39, 0.29) is 5.88 Å². The van der Waals surface area contributed by atoms with E-state index in [0.717, 1.165) is 15.4 Å². The third-order valence-electron chi connectivity index (χ3n) is 2.00. The van der Waals surface area contributed by atoms with Gasteiger partial charge in [-0.1, -0.05) is 15.9 Å². The molecule has 0 spiro atoms. The molecule has 3 nitrogen and oxygen atoms in total. The van der Waals surface area contributed by atoms with Gasteiger partial charge < -0.3 is 4.57 Å². The average Bonchev–Trinajstić information content (AvgIpc) is 2.47. The van der Waals surface area contributed by atoms with Crippen LogP contribution in [0.2, 0.25) is 0 Å². The van der Waals surface area contributed by atoms with Gasteiger partial charge in [-0.05, 0) is 24.3 Å². The van der Waals surface area contributed by atoms with Crippen LogP contribution in [0.1, 0.15) is 0 Å². The maximum absolute atomic E-state index is 10.6. The number of benzene rings is 1. The predicted molar refractivity (Wildman–Crippen MR) is 60.0 cm³/mol. The van der Waals surface area contributed by atoms with Crippen molar-refractivity contribution in [1.29, 1.82) is 0 Å².